The third-order valence-electron chi connectivity index (χ3n) is 3.34. The Hall–Kier alpha value is -1.10. The molecule has 18 heavy (non-hydrogen) atoms. The standard InChI is InChI=1S/C13H16ClN3O/c14-9-2-1-3-10-12(9)17(8-4-5-8)13(16-10)11(18)6-7-15/h1-3,8,11,18H,4-7,15H2. The van der Waals surface area contributed by atoms with Gasteiger partial charge >= 0.3 is 0 Å². The number of aliphatic hydroxyl groups excluding tert-OH is 1. The number of nitrogens with two attached hydrogens (primary N) is 1. The summed E-state index contributed by atoms with van der Waals surface area (Å²) < 4.78 is 2.10. The molecule has 0 saturated heterocycles. The maximum Gasteiger partial charge on any atom is 0.139 e. The third kappa shape index (κ3) is 1.90. The van der Waals surface area contributed by atoms with Crippen molar-refractivity contribution in [2.75, 3.05) is 6.54 Å². The molecule has 1 aromatic carbocycles. The molecule has 1 fully saturated rings. The molecule has 0 bridgehead atoms. The molecule has 1 unspecified atom stereocenters. The number of benzene rings is 1. The van der Waals surface area contributed by atoms with Crippen molar-refractivity contribution in [2.24, 2.45) is 5.73 Å². The quantitative estimate of drug-likeness (QED) is 0.892. The molecule has 5 heteroatoms. The summed E-state index contributed by atoms with van der Waals surface area (Å²) in [5, 5.41) is 10.9. The Balaban J connectivity index is 2.18. The Morgan fingerprint density at radius 2 is 2.28 bits per heavy atom. The fourth-order valence-electron chi connectivity index (χ4n) is 2.35. The summed E-state index contributed by atoms with van der Waals surface area (Å²) in [7, 11) is 0. The molecule has 3 N–H and O–H groups in total. The highest BCUT2D eigenvalue weighted by Crippen LogP contribution is 2.41. The fraction of sp³-hybridized carbons (Fsp3) is 0.462. The first-order valence-electron chi connectivity index (χ1n) is 6.27. The zero-order valence-electron chi connectivity index (χ0n) is 10.0. The average Bonchev–Trinajstić information content (AvgIpc) is 3.10. The number of halogens is 1. The molecule has 1 aromatic heterocycles. The summed E-state index contributed by atoms with van der Waals surface area (Å²) in [4.78, 5) is 4.53. The van der Waals surface area contributed by atoms with Crippen molar-refractivity contribution in [1.82, 2.24) is 9.55 Å². The first kappa shape index (κ1) is 12.0. The predicted octanol–water partition coefficient (Wildman–Crippen LogP) is 2.41. The highest BCUT2D eigenvalue weighted by molar-refractivity contribution is 6.35. The number of nitrogens with zero attached hydrogens (tertiary/aromatic N) is 2. The molecule has 0 amide bonds. The van der Waals surface area contributed by atoms with Crippen LogP contribution in [0.15, 0.2) is 18.2 Å². The molecule has 1 aliphatic rings. The number of aromatic nitrogens is 2. The van der Waals surface area contributed by atoms with Crippen LogP contribution in [0, 0.1) is 0 Å². The van der Waals surface area contributed by atoms with Gasteiger partial charge in [-0.2, -0.15) is 0 Å². The second-order valence-corrected chi connectivity index (χ2v) is 5.18. The highest BCUT2D eigenvalue weighted by atomic mass is 35.5. The molecule has 2 aromatic rings. The third-order valence-corrected chi connectivity index (χ3v) is 3.64. The van der Waals surface area contributed by atoms with E-state index in [4.69, 9.17) is 17.3 Å². The van der Waals surface area contributed by atoms with Crippen LogP contribution >= 0.6 is 11.6 Å². The van der Waals surface area contributed by atoms with Crippen LogP contribution in [-0.4, -0.2) is 21.2 Å². The van der Waals surface area contributed by atoms with Crippen LogP contribution in [0.4, 0.5) is 0 Å². The Bertz CT molecular complexity index is 577. The van der Waals surface area contributed by atoms with E-state index in [-0.39, 0.29) is 0 Å². The van der Waals surface area contributed by atoms with E-state index >= 15 is 0 Å². The molecule has 1 aliphatic carbocycles. The van der Waals surface area contributed by atoms with Gasteiger partial charge in [0.2, 0.25) is 0 Å². The molecule has 0 aliphatic heterocycles. The monoisotopic (exact) mass is 265 g/mol. The Kier molecular flexibility index (Phi) is 3.01. The van der Waals surface area contributed by atoms with Gasteiger partial charge in [-0.3, -0.25) is 0 Å². The van der Waals surface area contributed by atoms with Crippen molar-refractivity contribution >= 4 is 22.6 Å². The Morgan fingerprint density at radius 1 is 1.50 bits per heavy atom. The maximum absolute atomic E-state index is 10.2. The minimum absolute atomic E-state index is 0.428. The van der Waals surface area contributed by atoms with Gasteiger partial charge in [0.25, 0.3) is 0 Å². The van der Waals surface area contributed by atoms with Gasteiger partial charge in [-0.25, -0.2) is 4.98 Å². The topological polar surface area (TPSA) is 64.1 Å². The normalized spacial score (nSPS) is 17.3. The lowest BCUT2D eigenvalue weighted by molar-refractivity contribution is 0.156. The molecule has 1 saturated carbocycles. The van der Waals surface area contributed by atoms with Crippen molar-refractivity contribution in [3.63, 3.8) is 0 Å². The second kappa shape index (κ2) is 4.53. The van der Waals surface area contributed by atoms with E-state index in [1.807, 2.05) is 18.2 Å². The molecule has 96 valence electrons. The lowest BCUT2D eigenvalue weighted by Gasteiger charge is -2.12. The van der Waals surface area contributed by atoms with Crippen molar-refractivity contribution in [3.05, 3.63) is 29.0 Å². The highest BCUT2D eigenvalue weighted by Gasteiger charge is 2.31. The zero-order chi connectivity index (χ0) is 12.7. The van der Waals surface area contributed by atoms with Crippen LogP contribution < -0.4 is 5.73 Å². The van der Waals surface area contributed by atoms with Gasteiger partial charge < -0.3 is 15.4 Å². The average molecular weight is 266 g/mol. The number of aliphatic hydroxyl groups is 1. The molecule has 1 heterocycles. The first-order chi connectivity index (χ1) is 8.72. The number of hydrogen-bond acceptors (Lipinski definition) is 3. The first-order valence-corrected chi connectivity index (χ1v) is 6.64. The van der Waals surface area contributed by atoms with Crippen LogP contribution in [0.5, 0.6) is 0 Å². The van der Waals surface area contributed by atoms with Crippen LogP contribution in [-0.2, 0) is 0 Å². The number of hydrogen-bond donors (Lipinski definition) is 2. The van der Waals surface area contributed by atoms with Gasteiger partial charge in [-0.05, 0) is 37.9 Å². The summed E-state index contributed by atoms with van der Waals surface area (Å²) in [6.45, 7) is 0.447. The minimum Gasteiger partial charge on any atom is -0.385 e. The Morgan fingerprint density at radius 3 is 2.94 bits per heavy atom. The number of fused-ring (bicyclic) bond motifs is 1. The molecule has 3 rings (SSSR count). The van der Waals surface area contributed by atoms with Gasteiger partial charge in [0.05, 0.1) is 16.1 Å². The van der Waals surface area contributed by atoms with E-state index in [0.717, 1.165) is 23.9 Å². The predicted molar refractivity (Wildman–Crippen MR) is 71.6 cm³/mol. The minimum atomic E-state index is -0.612. The SMILES string of the molecule is NCCC(O)c1nc2cccc(Cl)c2n1C1CC1. The molecule has 1 atom stereocenters. The zero-order valence-corrected chi connectivity index (χ0v) is 10.8. The molecular formula is C13H16ClN3O. The van der Waals surface area contributed by atoms with Gasteiger partial charge in [0.15, 0.2) is 0 Å². The van der Waals surface area contributed by atoms with Crippen molar-refractivity contribution in [2.45, 2.75) is 31.4 Å². The van der Waals surface area contributed by atoms with Crippen LogP contribution in [0.2, 0.25) is 5.02 Å². The van der Waals surface area contributed by atoms with Gasteiger partial charge in [-0.1, -0.05) is 17.7 Å². The summed E-state index contributed by atoms with van der Waals surface area (Å²) >= 11 is 6.26. The maximum atomic E-state index is 10.2. The van der Waals surface area contributed by atoms with E-state index in [1.54, 1.807) is 0 Å². The largest absolute Gasteiger partial charge is 0.385 e. The van der Waals surface area contributed by atoms with E-state index < -0.39 is 6.10 Å². The smallest absolute Gasteiger partial charge is 0.139 e. The lowest BCUT2D eigenvalue weighted by atomic mass is 10.2. The second-order valence-electron chi connectivity index (χ2n) is 4.77. The summed E-state index contributed by atoms with van der Waals surface area (Å²) in [5.41, 5.74) is 7.29. The van der Waals surface area contributed by atoms with Crippen molar-refractivity contribution in [3.8, 4) is 0 Å². The molecular weight excluding hydrogens is 250 g/mol. The number of rotatable bonds is 4. The van der Waals surface area contributed by atoms with Gasteiger partial charge in [0, 0.05) is 6.04 Å². The fourth-order valence-corrected chi connectivity index (χ4v) is 2.61. The number of imidazole rings is 1. The lowest BCUT2D eigenvalue weighted by Crippen LogP contribution is -2.12. The van der Waals surface area contributed by atoms with E-state index in [0.29, 0.717) is 29.9 Å². The molecule has 0 radical (unpaired) electrons. The molecule has 4 nitrogen and oxygen atoms in total. The summed E-state index contributed by atoms with van der Waals surface area (Å²) in [5.74, 6) is 0.700. The van der Waals surface area contributed by atoms with Gasteiger partial charge in [-0.15, -0.1) is 0 Å². The van der Waals surface area contributed by atoms with Crippen molar-refractivity contribution in [1.29, 1.82) is 0 Å². The van der Waals surface area contributed by atoms with Gasteiger partial charge in [0.1, 0.15) is 11.9 Å². The summed E-state index contributed by atoms with van der Waals surface area (Å²) in [6, 6.07) is 6.10. The van der Waals surface area contributed by atoms with E-state index in [1.165, 1.54) is 0 Å². The van der Waals surface area contributed by atoms with E-state index in [2.05, 4.69) is 9.55 Å². The number of para-hydroxylation sites is 1. The molecule has 0 spiro atoms. The Labute approximate surface area is 110 Å². The van der Waals surface area contributed by atoms with Crippen LogP contribution in [0.3, 0.4) is 0 Å². The van der Waals surface area contributed by atoms with Crippen LogP contribution in [0.1, 0.15) is 37.2 Å². The van der Waals surface area contributed by atoms with E-state index in [9.17, 15) is 5.11 Å². The van der Waals surface area contributed by atoms with Crippen LogP contribution in [0.25, 0.3) is 11.0 Å². The van der Waals surface area contributed by atoms with Crippen molar-refractivity contribution < 1.29 is 5.11 Å². The summed E-state index contributed by atoms with van der Waals surface area (Å²) in [6.07, 6.45) is 2.16.